The summed E-state index contributed by atoms with van der Waals surface area (Å²) in [5.74, 6) is 1.49. The summed E-state index contributed by atoms with van der Waals surface area (Å²) < 4.78 is 28.0. The smallest absolute Gasteiger partial charge is 0.343 e. The molecular weight excluding hydrogens is 717 g/mol. The summed E-state index contributed by atoms with van der Waals surface area (Å²) in [6.45, 7) is 17.7. The van der Waals surface area contributed by atoms with Crippen molar-refractivity contribution < 1.29 is 42.9 Å². The van der Waals surface area contributed by atoms with Crippen LogP contribution in [0.25, 0.3) is 0 Å². The molecule has 2 atom stereocenters. The van der Waals surface area contributed by atoms with Gasteiger partial charge in [-0.2, -0.15) is 12.6 Å². The molecule has 9 nitrogen and oxygen atoms in total. The van der Waals surface area contributed by atoms with Crippen LogP contribution in [0.4, 0.5) is 0 Å². The Morgan fingerprint density at radius 1 is 0.636 bits per heavy atom. The highest BCUT2D eigenvalue weighted by atomic mass is 32.1. The van der Waals surface area contributed by atoms with Crippen LogP contribution in [0.1, 0.15) is 120 Å². The number of rotatable bonds is 22. The minimum Gasteiger partial charge on any atom is -0.494 e. The fraction of sp³-hybridized carbons (Fsp3) is 0.511. The highest BCUT2D eigenvalue weighted by Crippen LogP contribution is 2.31. The summed E-state index contributed by atoms with van der Waals surface area (Å²) in [6.07, 6.45) is 5.50. The summed E-state index contributed by atoms with van der Waals surface area (Å²) in [6, 6.07) is 18.2. The molecule has 0 spiro atoms. The molecule has 3 aromatic rings. The van der Waals surface area contributed by atoms with E-state index in [4.69, 9.17) is 23.7 Å². The molecule has 0 aliphatic rings. The molecule has 3 aromatic carbocycles. The fourth-order valence-corrected chi connectivity index (χ4v) is 5.83. The molecule has 3 rings (SSSR count). The van der Waals surface area contributed by atoms with Gasteiger partial charge in [-0.05, 0) is 135 Å². The van der Waals surface area contributed by atoms with Gasteiger partial charge in [-0.3, -0.25) is 9.59 Å². The van der Waals surface area contributed by atoms with Crippen molar-refractivity contribution in [2.75, 3.05) is 19.8 Å². The van der Waals surface area contributed by atoms with Crippen LogP contribution in [0.15, 0.2) is 66.7 Å². The van der Waals surface area contributed by atoms with E-state index in [9.17, 15) is 19.2 Å². The quantitative estimate of drug-likeness (QED) is 0.0461. The van der Waals surface area contributed by atoms with Gasteiger partial charge in [0, 0.05) is 12.3 Å². The zero-order valence-corrected chi connectivity index (χ0v) is 34.7. The normalized spacial score (nSPS) is 12.6. The topological polar surface area (TPSA) is 114 Å². The van der Waals surface area contributed by atoms with Crippen molar-refractivity contribution in [1.29, 1.82) is 0 Å². The van der Waals surface area contributed by atoms with E-state index in [0.29, 0.717) is 90.5 Å². The first-order chi connectivity index (χ1) is 26.0. The van der Waals surface area contributed by atoms with Crippen LogP contribution < -0.4 is 18.9 Å². The van der Waals surface area contributed by atoms with Crippen LogP contribution >= 0.6 is 12.6 Å². The Bertz CT molecular complexity index is 1670. The third kappa shape index (κ3) is 16.1. The second-order valence-corrected chi connectivity index (χ2v) is 16.5. The third-order valence-corrected chi connectivity index (χ3v) is 9.86. The van der Waals surface area contributed by atoms with E-state index >= 15 is 0 Å². The number of Topliss-reactive ketones (excluding diaryl/α,β-unsaturated/α-hetero) is 1. The van der Waals surface area contributed by atoms with Crippen molar-refractivity contribution in [3.63, 3.8) is 0 Å². The van der Waals surface area contributed by atoms with Gasteiger partial charge in [-0.25, -0.2) is 9.59 Å². The van der Waals surface area contributed by atoms with Gasteiger partial charge in [-0.1, -0.05) is 48.5 Å². The van der Waals surface area contributed by atoms with E-state index in [-0.39, 0.29) is 23.2 Å². The van der Waals surface area contributed by atoms with Gasteiger partial charge in [0.2, 0.25) is 0 Å². The van der Waals surface area contributed by atoms with Crippen LogP contribution in [0.2, 0.25) is 0 Å². The number of carbonyl (C=O) groups is 4. The van der Waals surface area contributed by atoms with Crippen LogP contribution in [0, 0.1) is 30.1 Å². The molecule has 0 aliphatic heterocycles. The first-order valence-corrected chi connectivity index (χ1v) is 19.9. The first-order valence-electron chi connectivity index (χ1n) is 19.4. The highest BCUT2D eigenvalue weighted by Gasteiger charge is 2.27. The van der Waals surface area contributed by atoms with Gasteiger partial charge in [0.05, 0.1) is 30.9 Å². The van der Waals surface area contributed by atoms with Crippen molar-refractivity contribution >= 4 is 36.3 Å². The van der Waals surface area contributed by atoms with E-state index < -0.39 is 17.2 Å². The number of esters is 3. The van der Waals surface area contributed by atoms with Gasteiger partial charge in [0.1, 0.15) is 34.0 Å². The van der Waals surface area contributed by atoms with Gasteiger partial charge < -0.3 is 23.7 Å². The number of ether oxygens (including phenoxy) is 5. The SMILES string of the molecule is Cc1cc(OC(=O)c2ccc(OCCCCOC(=O)C(S)C(C)C)cc2)ccc1OC(=O)c1ccc(OCCCCCC(=O)C(CC(C)(C)C)C(C)C)cc1. The molecular formula is C45H60O9S. The highest BCUT2D eigenvalue weighted by molar-refractivity contribution is 7.81. The van der Waals surface area contributed by atoms with Crippen LogP contribution in [-0.2, 0) is 14.3 Å². The van der Waals surface area contributed by atoms with Crippen molar-refractivity contribution in [2.45, 2.75) is 106 Å². The molecule has 0 aliphatic carbocycles. The standard InChI is InChI=1S/C45H60O9S/c1-30(2)38(29-45(6,7)8)39(46)14-10-9-11-25-50-35-21-17-34(18-22-35)43(48)54-40-24-23-37(28-32(40)5)53-42(47)33-15-19-36(20-16-33)51-26-12-13-27-52-44(49)41(55)31(3)4/h15-24,28,30-31,38,41,55H,9-14,25-27,29H2,1-8H3. The van der Waals surface area contributed by atoms with E-state index in [2.05, 4.69) is 47.2 Å². The Kier molecular flexibility index (Phi) is 18.3. The molecule has 0 radical (unpaired) electrons. The average Bonchev–Trinajstić information content (AvgIpc) is 3.13. The van der Waals surface area contributed by atoms with Gasteiger partial charge in [-0.15, -0.1) is 0 Å². The molecule has 0 amide bonds. The molecule has 55 heavy (non-hydrogen) atoms. The molecule has 2 unspecified atom stereocenters. The third-order valence-electron chi connectivity index (χ3n) is 9.05. The van der Waals surface area contributed by atoms with Gasteiger partial charge in [0.15, 0.2) is 0 Å². The maximum absolute atomic E-state index is 12.9. The van der Waals surface area contributed by atoms with Crippen LogP contribution in [-0.4, -0.2) is 48.8 Å². The molecule has 0 aromatic heterocycles. The molecule has 0 fully saturated rings. The lowest BCUT2D eigenvalue weighted by Gasteiger charge is -2.27. The Balaban J connectivity index is 1.37. The zero-order chi connectivity index (χ0) is 40.5. The largest absolute Gasteiger partial charge is 0.494 e. The first kappa shape index (κ1) is 45.1. The maximum Gasteiger partial charge on any atom is 0.343 e. The number of hydrogen-bond donors (Lipinski definition) is 1. The minimum absolute atomic E-state index is 0.109. The Morgan fingerprint density at radius 3 is 1.65 bits per heavy atom. The number of ketones is 1. The predicted octanol–water partition coefficient (Wildman–Crippen LogP) is 10.3. The molecule has 0 saturated heterocycles. The van der Waals surface area contributed by atoms with E-state index in [0.717, 1.165) is 25.7 Å². The predicted molar refractivity (Wildman–Crippen MR) is 219 cm³/mol. The van der Waals surface area contributed by atoms with Crippen molar-refractivity contribution in [3.05, 3.63) is 83.4 Å². The lowest BCUT2D eigenvalue weighted by molar-refractivity contribution is -0.143. The second-order valence-electron chi connectivity index (χ2n) is 15.9. The number of thiol groups is 1. The van der Waals surface area contributed by atoms with Gasteiger partial charge in [0.25, 0.3) is 0 Å². The summed E-state index contributed by atoms with van der Waals surface area (Å²) in [7, 11) is 0. The minimum atomic E-state index is -0.537. The molecule has 10 heteroatoms. The second kappa shape index (κ2) is 22.3. The molecule has 300 valence electrons. The number of aryl methyl sites for hydroxylation is 1. The Labute approximate surface area is 333 Å². The van der Waals surface area contributed by atoms with Crippen molar-refractivity contribution in [1.82, 2.24) is 0 Å². The van der Waals surface area contributed by atoms with E-state index in [1.54, 1.807) is 73.7 Å². The Hall–Kier alpha value is -4.31. The number of hydrogen-bond acceptors (Lipinski definition) is 10. The van der Waals surface area contributed by atoms with Crippen molar-refractivity contribution in [3.8, 4) is 23.0 Å². The molecule has 0 heterocycles. The zero-order valence-electron chi connectivity index (χ0n) is 33.9. The fourth-order valence-electron chi connectivity index (χ4n) is 5.76. The number of unbranched alkanes of at least 4 members (excludes halogenated alkanes) is 3. The summed E-state index contributed by atoms with van der Waals surface area (Å²) in [5.41, 5.74) is 1.48. The summed E-state index contributed by atoms with van der Waals surface area (Å²) in [5, 5.41) is -0.425. The van der Waals surface area contributed by atoms with E-state index in [1.165, 1.54) is 0 Å². The lowest BCUT2D eigenvalue weighted by Crippen LogP contribution is -2.25. The average molecular weight is 777 g/mol. The monoisotopic (exact) mass is 776 g/mol. The molecule has 0 N–H and O–H groups in total. The lowest BCUT2D eigenvalue weighted by atomic mass is 9.77. The Morgan fingerprint density at radius 2 is 1.15 bits per heavy atom. The van der Waals surface area contributed by atoms with Crippen LogP contribution in [0.3, 0.4) is 0 Å². The number of benzene rings is 3. The van der Waals surface area contributed by atoms with Gasteiger partial charge >= 0.3 is 17.9 Å². The maximum atomic E-state index is 12.9. The van der Waals surface area contributed by atoms with Crippen LogP contribution in [0.5, 0.6) is 23.0 Å². The molecule has 0 saturated carbocycles. The number of carbonyl (C=O) groups excluding carboxylic acids is 4. The summed E-state index contributed by atoms with van der Waals surface area (Å²) >= 11 is 4.26. The molecule has 0 bridgehead atoms. The van der Waals surface area contributed by atoms with Crippen molar-refractivity contribution in [2.24, 2.45) is 23.2 Å². The summed E-state index contributed by atoms with van der Waals surface area (Å²) in [4.78, 5) is 50.4. The van der Waals surface area contributed by atoms with E-state index in [1.807, 2.05) is 13.8 Å².